The summed E-state index contributed by atoms with van der Waals surface area (Å²) >= 11 is 0. The molecule has 2 atom stereocenters. The van der Waals surface area contributed by atoms with Gasteiger partial charge < -0.3 is 19.6 Å². The normalized spacial score (nSPS) is 19.3. The molecule has 9 heteroatoms. The number of esters is 1. The highest BCUT2D eigenvalue weighted by Gasteiger charge is 2.28. The average Bonchev–Trinajstić information content (AvgIpc) is 2.85. The maximum absolute atomic E-state index is 11.6. The number of aromatic nitrogens is 4. The topological polar surface area (TPSA) is 105 Å². The minimum absolute atomic E-state index is 0.154. The van der Waals surface area contributed by atoms with Crippen molar-refractivity contribution in [3.8, 4) is 0 Å². The lowest BCUT2D eigenvalue weighted by Gasteiger charge is -2.41. The summed E-state index contributed by atoms with van der Waals surface area (Å²) in [7, 11) is 1.32. The highest BCUT2D eigenvalue weighted by atomic mass is 16.5. The van der Waals surface area contributed by atoms with E-state index in [2.05, 4.69) is 53.8 Å². The Bertz CT molecular complexity index is 1080. The number of hydrogen-bond acceptors (Lipinski definition) is 9. The second-order valence-corrected chi connectivity index (χ2v) is 8.49. The van der Waals surface area contributed by atoms with Crippen LogP contribution in [0.1, 0.15) is 53.2 Å². The van der Waals surface area contributed by atoms with E-state index in [1.807, 2.05) is 19.9 Å². The zero-order valence-electron chi connectivity index (χ0n) is 19.5. The molecule has 0 saturated carbocycles. The van der Waals surface area contributed by atoms with Crippen LogP contribution in [-0.4, -0.2) is 64.0 Å². The van der Waals surface area contributed by atoms with Gasteiger partial charge in [0.25, 0.3) is 0 Å². The molecular formula is C24H30N6O3. The summed E-state index contributed by atoms with van der Waals surface area (Å²) in [5.41, 5.74) is 3.68. The fourth-order valence-electron chi connectivity index (χ4n) is 4.34. The van der Waals surface area contributed by atoms with E-state index in [9.17, 15) is 9.90 Å². The van der Waals surface area contributed by atoms with Gasteiger partial charge in [-0.05, 0) is 50.3 Å². The molecule has 2 aliphatic rings. The number of carbonyl (C=O) groups is 1. The Hall–Kier alpha value is -3.33. The Morgan fingerprint density at radius 2 is 1.97 bits per heavy atom. The molecule has 0 aromatic carbocycles. The molecule has 1 N–H and O–H groups in total. The van der Waals surface area contributed by atoms with Crippen molar-refractivity contribution in [1.29, 1.82) is 0 Å². The average molecular weight is 451 g/mol. The summed E-state index contributed by atoms with van der Waals surface area (Å²) in [6, 6.07) is 0.154. The molecule has 0 bridgehead atoms. The number of allylic oxidation sites excluding steroid dienone is 2. The van der Waals surface area contributed by atoms with Crippen molar-refractivity contribution in [2.24, 2.45) is 0 Å². The van der Waals surface area contributed by atoms with E-state index < -0.39 is 12.1 Å². The highest BCUT2D eigenvalue weighted by Crippen LogP contribution is 2.31. The van der Waals surface area contributed by atoms with Crippen LogP contribution in [0, 0.1) is 13.8 Å². The SMILES string of the molecule is COC(=O)c1cnc(N2CCN(c3nnc(C(O)C4=CCCC=C4)c(C)c3C)C[C@H]2C)cn1. The van der Waals surface area contributed by atoms with Crippen molar-refractivity contribution < 1.29 is 14.6 Å². The number of piperazine rings is 1. The predicted molar refractivity (Wildman–Crippen MR) is 125 cm³/mol. The van der Waals surface area contributed by atoms with Crippen LogP contribution in [0.15, 0.2) is 36.2 Å². The summed E-state index contributed by atoms with van der Waals surface area (Å²) in [4.78, 5) is 24.6. The van der Waals surface area contributed by atoms with Gasteiger partial charge in [-0.15, -0.1) is 5.10 Å². The van der Waals surface area contributed by atoms with Crippen LogP contribution in [0.2, 0.25) is 0 Å². The number of anilines is 2. The van der Waals surface area contributed by atoms with Crippen LogP contribution in [0.3, 0.4) is 0 Å². The number of nitrogens with zero attached hydrogens (tertiary/aromatic N) is 6. The number of hydrogen-bond donors (Lipinski definition) is 1. The van der Waals surface area contributed by atoms with E-state index in [0.29, 0.717) is 5.69 Å². The summed E-state index contributed by atoms with van der Waals surface area (Å²) in [5, 5.41) is 19.8. The molecule has 1 fully saturated rings. The molecule has 9 nitrogen and oxygen atoms in total. The largest absolute Gasteiger partial charge is 0.464 e. The standard InChI is InChI=1S/C24H30N6O3/c1-15-14-29(10-11-30(15)20-13-25-19(12-26-20)24(32)33-4)23-17(3)16(2)21(27-28-23)22(31)18-8-6-5-7-9-18/h6,8-9,12-13,15,22,31H,5,7,10-11,14H2,1-4H3/t15-,22?/m1/s1. The van der Waals surface area contributed by atoms with Gasteiger partial charge in [0.05, 0.1) is 25.2 Å². The van der Waals surface area contributed by atoms with E-state index in [0.717, 1.165) is 60.8 Å². The number of methoxy groups -OCH3 is 1. The first-order valence-electron chi connectivity index (χ1n) is 11.2. The predicted octanol–water partition coefficient (Wildman–Crippen LogP) is 2.69. The molecule has 1 aliphatic heterocycles. The Kier molecular flexibility index (Phi) is 6.69. The number of carbonyl (C=O) groups excluding carboxylic acids is 1. The van der Waals surface area contributed by atoms with Gasteiger partial charge in [-0.3, -0.25) is 0 Å². The lowest BCUT2D eigenvalue weighted by molar-refractivity contribution is 0.0593. The van der Waals surface area contributed by atoms with Crippen molar-refractivity contribution in [1.82, 2.24) is 20.2 Å². The molecule has 0 amide bonds. The van der Waals surface area contributed by atoms with Crippen LogP contribution >= 0.6 is 0 Å². The van der Waals surface area contributed by atoms with Crippen molar-refractivity contribution in [3.05, 3.63) is 58.7 Å². The third kappa shape index (κ3) is 4.59. The second-order valence-electron chi connectivity index (χ2n) is 8.49. The zero-order chi connectivity index (χ0) is 23.5. The molecular weight excluding hydrogens is 420 g/mol. The van der Waals surface area contributed by atoms with E-state index in [4.69, 9.17) is 0 Å². The van der Waals surface area contributed by atoms with Crippen molar-refractivity contribution in [3.63, 3.8) is 0 Å². The van der Waals surface area contributed by atoms with Crippen LogP contribution in [-0.2, 0) is 4.74 Å². The lowest BCUT2D eigenvalue weighted by atomic mass is 9.96. The number of aliphatic hydroxyl groups is 1. The van der Waals surface area contributed by atoms with Crippen molar-refractivity contribution in [2.75, 3.05) is 36.5 Å². The van der Waals surface area contributed by atoms with Crippen LogP contribution < -0.4 is 9.80 Å². The third-order valence-corrected chi connectivity index (χ3v) is 6.39. The maximum Gasteiger partial charge on any atom is 0.358 e. The van der Waals surface area contributed by atoms with Crippen molar-refractivity contribution >= 4 is 17.6 Å². The fraction of sp³-hybridized carbons (Fsp3) is 0.458. The zero-order valence-corrected chi connectivity index (χ0v) is 19.5. The number of ether oxygens (including phenoxy) is 1. The number of rotatable bonds is 5. The molecule has 0 spiro atoms. The molecule has 4 rings (SSSR count). The summed E-state index contributed by atoms with van der Waals surface area (Å²) in [5.74, 6) is 1.07. The molecule has 1 saturated heterocycles. The van der Waals surface area contributed by atoms with Gasteiger partial charge in [0.2, 0.25) is 0 Å². The van der Waals surface area contributed by atoms with Gasteiger partial charge in [0.1, 0.15) is 11.9 Å². The fourth-order valence-corrected chi connectivity index (χ4v) is 4.34. The van der Waals surface area contributed by atoms with Crippen LogP contribution in [0.25, 0.3) is 0 Å². The van der Waals surface area contributed by atoms with Gasteiger partial charge >= 0.3 is 5.97 Å². The first kappa shape index (κ1) is 22.8. The Labute approximate surface area is 193 Å². The minimum atomic E-state index is -0.760. The van der Waals surface area contributed by atoms with Crippen LogP contribution in [0.4, 0.5) is 11.6 Å². The first-order chi connectivity index (χ1) is 15.9. The van der Waals surface area contributed by atoms with Crippen LogP contribution in [0.5, 0.6) is 0 Å². The van der Waals surface area contributed by atoms with Crippen molar-refractivity contribution in [2.45, 2.75) is 45.8 Å². The Balaban J connectivity index is 1.49. The summed E-state index contributed by atoms with van der Waals surface area (Å²) in [6.07, 6.45) is 10.4. The molecule has 174 valence electrons. The van der Waals surface area contributed by atoms with Gasteiger partial charge in [-0.1, -0.05) is 18.2 Å². The molecule has 3 heterocycles. The molecule has 1 aliphatic carbocycles. The molecule has 1 unspecified atom stereocenters. The second kappa shape index (κ2) is 9.66. The minimum Gasteiger partial charge on any atom is -0.464 e. The Morgan fingerprint density at radius 3 is 2.61 bits per heavy atom. The monoisotopic (exact) mass is 450 g/mol. The molecule has 33 heavy (non-hydrogen) atoms. The molecule has 0 radical (unpaired) electrons. The smallest absolute Gasteiger partial charge is 0.358 e. The quantitative estimate of drug-likeness (QED) is 0.688. The molecule has 2 aromatic rings. The molecule has 2 aromatic heterocycles. The maximum atomic E-state index is 11.6. The van der Waals surface area contributed by atoms with Gasteiger partial charge in [-0.2, -0.15) is 5.10 Å². The lowest BCUT2D eigenvalue weighted by Crippen LogP contribution is -2.53. The van der Waals surface area contributed by atoms with Gasteiger partial charge in [0, 0.05) is 25.7 Å². The van der Waals surface area contributed by atoms with Gasteiger partial charge in [0.15, 0.2) is 11.5 Å². The highest BCUT2D eigenvalue weighted by molar-refractivity contribution is 5.86. The third-order valence-electron chi connectivity index (χ3n) is 6.39. The van der Waals surface area contributed by atoms with E-state index in [1.54, 1.807) is 6.20 Å². The van der Waals surface area contributed by atoms with Gasteiger partial charge in [-0.25, -0.2) is 14.8 Å². The van der Waals surface area contributed by atoms with E-state index in [-0.39, 0.29) is 11.7 Å². The summed E-state index contributed by atoms with van der Waals surface area (Å²) < 4.78 is 4.69. The number of aliphatic hydroxyl groups excluding tert-OH is 1. The first-order valence-corrected chi connectivity index (χ1v) is 11.2. The van der Waals surface area contributed by atoms with E-state index in [1.165, 1.54) is 13.3 Å². The Morgan fingerprint density at radius 1 is 1.15 bits per heavy atom. The summed E-state index contributed by atoms with van der Waals surface area (Å²) in [6.45, 7) is 8.38. The van der Waals surface area contributed by atoms with E-state index >= 15 is 0 Å².